The number of rotatable bonds is 10. The summed E-state index contributed by atoms with van der Waals surface area (Å²) in [5.74, 6) is 1.79. The lowest BCUT2D eigenvalue weighted by molar-refractivity contribution is 0.660. The minimum Gasteiger partial charge on any atom is -0.295 e. The van der Waals surface area contributed by atoms with Crippen LogP contribution in [0.1, 0.15) is 72.2 Å². The third kappa shape index (κ3) is 7.31. The first-order chi connectivity index (χ1) is 32.2. The molecule has 11 rings (SSSR count). The number of aromatic nitrogens is 2. The molecular weight excluding hydrogens is 801 g/mol. The molecule has 0 saturated heterocycles. The Balaban J connectivity index is 0.796. The first-order valence-corrected chi connectivity index (χ1v) is 22.8. The summed E-state index contributed by atoms with van der Waals surface area (Å²) in [5, 5.41) is 0. The SMILES string of the molecule is CC1(C)c2cc(/C=C/c3ccc(/C=C/c4ccc5c(c4)C(C)(C)c4cc(N(c6ccccc6)c6ccccn6)ccc4-5)cc3)ccc2-c2ccc(N(c3ccccc3)c3ccccn3)cc21. The molecule has 0 unspecified atom stereocenters. The number of hydrogen-bond acceptors (Lipinski definition) is 4. The van der Waals surface area contributed by atoms with Gasteiger partial charge in [0.15, 0.2) is 0 Å². The second-order valence-corrected chi connectivity index (χ2v) is 18.4. The fraction of sp³-hybridized carbons (Fsp3) is 0.0968. The maximum absolute atomic E-state index is 4.74. The molecule has 4 nitrogen and oxygen atoms in total. The first kappa shape index (κ1) is 40.7. The van der Waals surface area contributed by atoms with Crippen LogP contribution in [0.4, 0.5) is 34.4 Å². The van der Waals surface area contributed by atoms with Crippen LogP contribution < -0.4 is 9.80 Å². The van der Waals surface area contributed by atoms with Gasteiger partial charge < -0.3 is 0 Å². The Hall–Kier alpha value is -8.08. The summed E-state index contributed by atoms with van der Waals surface area (Å²) in [7, 11) is 0. The van der Waals surface area contributed by atoms with Crippen LogP contribution in [0, 0.1) is 0 Å². The van der Waals surface area contributed by atoms with Gasteiger partial charge >= 0.3 is 0 Å². The second kappa shape index (κ2) is 16.5. The van der Waals surface area contributed by atoms with Gasteiger partial charge in [0.1, 0.15) is 11.6 Å². The van der Waals surface area contributed by atoms with Gasteiger partial charge in [0.25, 0.3) is 0 Å². The largest absolute Gasteiger partial charge is 0.295 e. The Morgan fingerprint density at radius 2 is 0.652 bits per heavy atom. The highest BCUT2D eigenvalue weighted by Gasteiger charge is 2.37. The molecule has 2 aromatic heterocycles. The molecule has 318 valence electrons. The number of nitrogens with zero attached hydrogens (tertiary/aromatic N) is 4. The quantitative estimate of drug-likeness (QED) is 0.128. The summed E-state index contributed by atoms with van der Waals surface area (Å²) < 4.78 is 0. The molecule has 0 bridgehead atoms. The van der Waals surface area contributed by atoms with Gasteiger partial charge in [-0.25, -0.2) is 9.97 Å². The number of para-hydroxylation sites is 2. The standard InChI is InChI=1S/C62H50N4/c1-61(2)55-39-45(29-33-51(55)53-35-31-49(41-57(53)61)65(47-15-7-5-8-16-47)59-19-11-13-37-63-59)27-25-43-21-23-44(24-22-43)26-28-46-30-34-52-54-36-32-50(42-58(54)62(3,4)56(52)40-46)66(48-17-9-6-10-18-48)60-20-12-14-38-64-60/h5-42H,1-4H3/b27-25+,28-26+. The van der Waals surface area contributed by atoms with Gasteiger partial charge in [0.05, 0.1) is 0 Å². The molecule has 2 aliphatic carbocycles. The number of benzene rings is 7. The van der Waals surface area contributed by atoms with Gasteiger partial charge in [-0.3, -0.25) is 9.80 Å². The predicted octanol–water partition coefficient (Wildman–Crippen LogP) is 16.4. The van der Waals surface area contributed by atoms with E-state index in [1.54, 1.807) is 0 Å². The van der Waals surface area contributed by atoms with Crippen LogP contribution in [-0.2, 0) is 10.8 Å². The smallest absolute Gasteiger partial charge is 0.137 e. The van der Waals surface area contributed by atoms with E-state index >= 15 is 0 Å². The van der Waals surface area contributed by atoms with Crippen molar-refractivity contribution in [2.45, 2.75) is 38.5 Å². The molecule has 2 heterocycles. The molecule has 7 aromatic carbocycles. The van der Waals surface area contributed by atoms with Gasteiger partial charge in [0, 0.05) is 46.0 Å². The van der Waals surface area contributed by atoms with Crippen molar-refractivity contribution in [3.8, 4) is 22.3 Å². The van der Waals surface area contributed by atoms with E-state index < -0.39 is 0 Å². The molecule has 0 aliphatic heterocycles. The lowest BCUT2D eigenvalue weighted by Gasteiger charge is -2.27. The van der Waals surface area contributed by atoms with Crippen LogP contribution in [0.25, 0.3) is 46.6 Å². The maximum atomic E-state index is 4.74. The molecule has 9 aromatic rings. The molecule has 66 heavy (non-hydrogen) atoms. The molecular formula is C62H50N4. The van der Waals surface area contributed by atoms with Crippen molar-refractivity contribution in [3.63, 3.8) is 0 Å². The number of hydrogen-bond donors (Lipinski definition) is 0. The summed E-state index contributed by atoms with van der Waals surface area (Å²) in [4.78, 5) is 13.9. The van der Waals surface area contributed by atoms with E-state index in [9.17, 15) is 0 Å². The zero-order valence-corrected chi connectivity index (χ0v) is 37.7. The van der Waals surface area contributed by atoms with Gasteiger partial charge in [-0.05, 0) is 140 Å². The summed E-state index contributed by atoms with van der Waals surface area (Å²) in [6.07, 6.45) is 12.6. The van der Waals surface area contributed by atoms with E-state index in [4.69, 9.17) is 9.97 Å². The lowest BCUT2D eigenvalue weighted by Crippen LogP contribution is -2.17. The number of fused-ring (bicyclic) bond motifs is 6. The first-order valence-electron chi connectivity index (χ1n) is 22.8. The average Bonchev–Trinajstić information content (AvgIpc) is 3.72. The van der Waals surface area contributed by atoms with Crippen LogP contribution in [-0.4, -0.2) is 9.97 Å². The van der Waals surface area contributed by atoms with Crippen molar-refractivity contribution in [1.82, 2.24) is 9.97 Å². The van der Waals surface area contributed by atoms with Crippen molar-refractivity contribution in [2.24, 2.45) is 0 Å². The summed E-state index contributed by atoms with van der Waals surface area (Å²) in [6, 6.07) is 69.5. The van der Waals surface area contributed by atoms with Crippen LogP contribution in [0.3, 0.4) is 0 Å². The zero-order valence-electron chi connectivity index (χ0n) is 37.7. The van der Waals surface area contributed by atoms with Gasteiger partial charge in [-0.2, -0.15) is 0 Å². The topological polar surface area (TPSA) is 32.3 Å². The third-order valence-corrected chi connectivity index (χ3v) is 13.5. The van der Waals surface area contributed by atoms with E-state index in [1.807, 2.05) is 36.7 Å². The molecule has 0 spiro atoms. The van der Waals surface area contributed by atoms with E-state index in [-0.39, 0.29) is 10.8 Å². The van der Waals surface area contributed by atoms with E-state index in [2.05, 4.69) is 232 Å². The minimum absolute atomic E-state index is 0.169. The lowest BCUT2D eigenvalue weighted by atomic mass is 9.81. The Kier molecular flexibility index (Phi) is 10.2. The summed E-state index contributed by atoms with van der Waals surface area (Å²) in [5.41, 5.74) is 19.3. The van der Waals surface area contributed by atoms with Gasteiger partial charge in [0.2, 0.25) is 0 Å². The second-order valence-electron chi connectivity index (χ2n) is 18.4. The Bertz CT molecular complexity index is 2980. The van der Waals surface area contributed by atoms with Crippen molar-refractivity contribution < 1.29 is 0 Å². The van der Waals surface area contributed by atoms with Crippen LogP contribution in [0.15, 0.2) is 207 Å². The fourth-order valence-corrected chi connectivity index (χ4v) is 10.0. The maximum Gasteiger partial charge on any atom is 0.137 e. The van der Waals surface area contributed by atoms with Crippen LogP contribution in [0.5, 0.6) is 0 Å². The molecule has 0 radical (unpaired) electrons. The molecule has 2 aliphatic rings. The Morgan fingerprint density at radius 1 is 0.318 bits per heavy atom. The zero-order chi connectivity index (χ0) is 44.8. The van der Waals surface area contributed by atoms with Gasteiger partial charge in [-0.15, -0.1) is 0 Å². The Labute approximate surface area is 388 Å². The highest BCUT2D eigenvalue weighted by molar-refractivity contribution is 5.88. The average molecular weight is 851 g/mol. The summed E-state index contributed by atoms with van der Waals surface area (Å²) >= 11 is 0. The number of anilines is 6. The minimum atomic E-state index is -0.169. The van der Waals surface area contributed by atoms with E-state index in [1.165, 1.54) is 66.8 Å². The van der Waals surface area contributed by atoms with E-state index in [0.29, 0.717) is 0 Å². The third-order valence-electron chi connectivity index (χ3n) is 13.5. The van der Waals surface area contributed by atoms with Crippen molar-refractivity contribution >= 4 is 58.7 Å². The van der Waals surface area contributed by atoms with Crippen LogP contribution >= 0.6 is 0 Å². The number of pyridine rings is 2. The fourth-order valence-electron chi connectivity index (χ4n) is 10.0. The summed E-state index contributed by atoms with van der Waals surface area (Å²) in [6.45, 7) is 9.38. The van der Waals surface area contributed by atoms with Gasteiger partial charge in [-0.1, -0.05) is 173 Å². The molecule has 0 amide bonds. The molecule has 0 N–H and O–H groups in total. The molecule has 0 saturated carbocycles. The normalized spacial score (nSPS) is 13.9. The highest BCUT2D eigenvalue weighted by Crippen LogP contribution is 2.52. The molecule has 0 atom stereocenters. The van der Waals surface area contributed by atoms with Crippen molar-refractivity contribution in [2.75, 3.05) is 9.80 Å². The molecule has 0 fully saturated rings. The monoisotopic (exact) mass is 850 g/mol. The predicted molar refractivity (Wildman–Crippen MR) is 277 cm³/mol. The molecule has 4 heteroatoms. The van der Waals surface area contributed by atoms with Crippen molar-refractivity contribution in [3.05, 3.63) is 251 Å². The van der Waals surface area contributed by atoms with Crippen LogP contribution in [0.2, 0.25) is 0 Å². The highest BCUT2D eigenvalue weighted by atomic mass is 15.2. The van der Waals surface area contributed by atoms with Crippen molar-refractivity contribution in [1.29, 1.82) is 0 Å². The Morgan fingerprint density at radius 3 is 1.03 bits per heavy atom. The van der Waals surface area contributed by atoms with E-state index in [0.717, 1.165) is 34.4 Å².